The molecule has 0 unspecified atom stereocenters. The summed E-state index contributed by atoms with van der Waals surface area (Å²) in [5.74, 6) is 0. The Bertz CT molecular complexity index is 83.4. The van der Waals surface area contributed by atoms with Crippen LogP contribution in [0.1, 0.15) is 14.4 Å². The normalized spacial score (nSPS) is 10.6. The Labute approximate surface area is 56.9 Å². The van der Waals surface area contributed by atoms with E-state index in [1.165, 1.54) is 14.2 Å². The van der Waals surface area contributed by atoms with Crippen LogP contribution in [0.15, 0.2) is 0 Å². The van der Waals surface area contributed by atoms with Crippen LogP contribution < -0.4 is 0 Å². The zero-order chi connectivity index (χ0) is 6.62. The topological polar surface area (TPSA) is 35.5 Å². The van der Waals surface area contributed by atoms with Crippen molar-refractivity contribution in [3.8, 4) is 0 Å². The maximum absolute atomic E-state index is 10.9. The summed E-state index contributed by atoms with van der Waals surface area (Å²) in [5, 5.41) is 0. The fraction of sp³-hybridized carbons (Fsp3) is 1.00. The lowest BCUT2D eigenvalue weighted by Gasteiger charge is -2.08. The molecule has 0 saturated heterocycles. The van der Waals surface area contributed by atoms with E-state index in [1.807, 2.05) is 0 Å². The minimum absolute atomic E-state index is 0. The number of rotatable bonds is 3. The lowest BCUT2D eigenvalue weighted by atomic mass is 11.0. The third-order valence-electron chi connectivity index (χ3n) is 0.944. The molecular formula is C5H15O3P. The van der Waals surface area contributed by atoms with Crippen LogP contribution in [-0.4, -0.2) is 20.4 Å². The van der Waals surface area contributed by atoms with E-state index in [0.29, 0.717) is 6.16 Å². The fourth-order valence-corrected chi connectivity index (χ4v) is 0.998. The van der Waals surface area contributed by atoms with Crippen molar-refractivity contribution in [2.75, 3.05) is 20.4 Å². The lowest BCUT2D eigenvalue weighted by Crippen LogP contribution is -1.89. The van der Waals surface area contributed by atoms with E-state index in [4.69, 9.17) is 0 Å². The van der Waals surface area contributed by atoms with E-state index in [-0.39, 0.29) is 7.43 Å². The van der Waals surface area contributed by atoms with Crippen molar-refractivity contribution in [3.63, 3.8) is 0 Å². The Balaban J connectivity index is 0. The molecular weight excluding hydrogens is 139 g/mol. The molecule has 0 aromatic heterocycles. The third kappa shape index (κ3) is 3.68. The standard InChI is InChI=1S/C4H11O3P.CH4/c1-4-8(5,6-2)7-3;/h4H2,1-3H3;1H4. The number of hydrogen-bond donors (Lipinski definition) is 0. The zero-order valence-corrected chi connectivity index (χ0v) is 6.27. The van der Waals surface area contributed by atoms with Gasteiger partial charge in [0.15, 0.2) is 0 Å². The van der Waals surface area contributed by atoms with E-state index in [0.717, 1.165) is 0 Å². The van der Waals surface area contributed by atoms with Crippen LogP contribution in [0.25, 0.3) is 0 Å². The highest BCUT2D eigenvalue weighted by Crippen LogP contribution is 2.45. The van der Waals surface area contributed by atoms with Gasteiger partial charge in [-0.25, -0.2) is 0 Å². The highest BCUT2D eigenvalue weighted by atomic mass is 31.2. The van der Waals surface area contributed by atoms with Gasteiger partial charge >= 0.3 is 7.60 Å². The van der Waals surface area contributed by atoms with Gasteiger partial charge in [0.1, 0.15) is 0 Å². The summed E-state index contributed by atoms with van der Waals surface area (Å²) in [6, 6.07) is 0. The van der Waals surface area contributed by atoms with E-state index >= 15 is 0 Å². The molecule has 0 fully saturated rings. The Morgan fingerprint density at radius 1 is 1.33 bits per heavy atom. The van der Waals surface area contributed by atoms with E-state index in [9.17, 15) is 4.57 Å². The van der Waals surface area contributed by atoms with Crippen LogP contribution >= 0.6 is 7.60 Å². The maximum Gasteiger partial charge on any atom is 0.329 e. The molecule has 0 saturated carbocycles. The Morgan fingerprint density at radius 3 is 1.67 bits per heavy atom. The van der Waals surface area contributed by atoms with E-state index < -0.39 is 7.60 Å². The maximum atomic E-state index is 10.9. The predicted molar refractivity (Wildman–Crippen MR) is 38.9 cm³/mol. The van der Waals surface area contributed by atoms with Crippen molar-refractivity contribution in [2.45, 2.75) is 14.4 Å². The van der Waals surface area contributed by atoms with Gasteiger partial charge in [-0.1, -0.05) is 14.4 Å². The van der Waals surface area contributed by atoms with Crippen molar-refractivity contribution in [2.24, 2.45) is 0 Å². The highest BCUT2D eigenvalue weighted by Gasteiger charge is 2.15. The Hall–Kier alpha value is 0.150. The molecule has 58 valence electrons. The van der Waals surface area contributed by atoms with Gasteiger partial charge in [-0.15, -0.1) is 0 Å². The first-order valence-corrected chi connectivity index (χ1v) is 4.12. The molecule has 0 aromatic rings. The average Bonchev–Trinajstić information content (AvgIpc) is 1.87. The third-order valence-corrected chi connectivity index (χ3v) is 2.83. The van der Waals surface area contributed by atoms with Crippen LogP contribution in [0.4, 0.5) is 0 Å². The molecule has 0 N–H and O–H groups in total. The molecule has 3 nitrogen and oxygen atoms in total. The molecule has 0 radical (unpaired) electrons. The first-order valence-electron chi connectivity index (χ1n) is 2.39. The Morgan fingerprint density at radius 2 is 1.67 bits per heavy atom. The lowest BCUT2D eigenvalue weighted by molar-refractivity contribution is 0.277. The second-order valence-electron chi connectivity index (χ2n) is 1.29. The first-order chi connectivity index (χ1) is 3.68. The quantitative estimate of drug-likeness (QED) is 0.584. The van der Waals surface area contributed by atoms with Crippen molar-refractivity contribution in [1.29, 1.82) is 0 Å². The zero-order valence-electron chi connectivity index (χ0n) is 5.38. The molecule has 0 heterocycles. The molecule has 0 bridgehead atoms. The van der Waals surface area contributed by atoms with E-state index in [1.54, 1.807) is 6.92 Å². The molecule has 0 aliphatic heterocycles. The van der Waals surface area contributed by atoms with Gasteiger partial charge in [-0.05, 0) is 0 Å². The summed E-state index contributed by atoms with van der Waals surface area (Å²) in [6.45, 7) is 1.76. The monoisotopic (exact) mass is 154 g/mol. The summed E-state index contributed by atoms with van der Waals surface area (Å²) >= 11 is 0. The van der Waals surface area contributed by atoms with Gasteiger partial charge in [-0.3, -0.25) is 4.57 Å². The van der Waals surface area contributed by atoms with Crippen molar-refractivity contribution in [3.05, 3.63) is 0 Å². The van der Waals surface area contributed by atoms with Gasteiger partial charge in [0.2, 0.25) is 0 Å². The summed E-state index contributed by atoms with van der Waals surface area (Å²) < 4.78 is 20.0. The van der Waals surface area contributed by atoms with Crippen molar-refractivity contribution in [1.82, 2.24) is 0 Å². The molecule has 0 amide bonds. The summed E-state index contributed by atoms with van der Waals surface area (Å²) in [6.07, 6.45) is 0.431. The molecule has 0 spiro atoms. The van der Waals surface area contributed by atoms with Crippen molar-refractivity contribution < 1.29 is 13.6 Å². The van der Waals surface area contributed by atoms with Crippen LogP contribution in [-0.2, 0) is 13.6 Å². The van der Waals surface area contributed by atoms with Crippen LogP contribution in [0.5, 0.6) is 0 Å². The van der Waals surface area contributed by atoms with Crippen molar-refractivity contribution >= 4 is 7.60 Å². The van der Waals surface area contributed by atoms with Crippen LogP contribution in [0.2, 0.25) is 0 Å². The van der Waals surface area contributed by atoms with E-state index in [2.05, 4.69) is 9.05 Å². The molecule has 0 aliphatic carbocycles. The largest absolute Gasteiger partial charge is 0.329 e. The summed E-state index contributed by atoms with van der Waals surface area (Å²) in [7, 11) is 0.103. The highest BCUT2D eigenvalue weighted by molar-refractivity contribution is 7.53. The first kappa shape index (κ1) is 11.9. The van der Waals surface area contributed by atoms with Gasteiger partial charge in [0.25, 0.3) is 0 Å². The minimum atomic E-state index is -2.66. The van der Waals surface area contributed by atoms with Gasteiger partial charge in [0, 0.05) is 20.4 Å². The fourth-order valence-electron chi connectivity index (χ4n) is 0.333. The summed E-state index contributed by atoms with van der Waals surface area (Å²) in [4.78, 5) is 0. The SMILES string of the molecule is C.CCP(=O)(OC)OC. The molecule has 0 aliphatic rings. The van der Waals surface area contributed by atoms with Gasteiger partial charge in [0.05, 0.1) is 0 Å². The van der Waals surface area contributed by atoms with Gasteiger partial charge in [-0.2, -0.15) is 0 Å². The molecule has 0 rings (SSSR count). The molecule has 9 heavy (non-hydrogen) atoms. The molecule has 4 heteroatoms. The number of hydrogen-bond acceptors (Lipinski definition) is 3. The predicted octanol–water partition coefficient (Wildman–Crippen LogP) is 2.13. The second-order valence-corrected chi connectivity index (χ2v) is 3.88. The minimum Gasteiger partial charge on any atom is -0.312 e. The molecule has 0 aromatic carbocycles. The Kier molecular flexibility index (Phi) is 6.57. The average molecular weight is 154 g/mol. The van der Waals surface area contributed by atoms with Gasteiger partial charge < -0.3 is 9.05 Å². The van der Waals surface area contributed by atoms with Crippen LogP contribution in [0, 0.1) is 0 Å². The van der Waals surface area contributed by atoms with Crippen LogP contribution in [0.3, 0.4) is 0 Å². The second kappa shape index (κ2) is 4.98. The molecule has 0 atom stereocenters. The summed E-state index contributed by atoms with van der Waals surface area (Å²) in [5.41, 5.74) is 0. The smallest absolute Gasteiger partial charge is 0.312 e.